The van der Waals surface area contributed by atoms with Crippen molar-refractivity contribution in [2.75, 3.05) is 0 Å². The number of nitrogens with two attached hydrogens (primary N) is 1. The summed E-state index contributed by atoms with van der Waals surface area (Å²) >= 11 is 0. The summed E-state index contributed by atoms with van der Waals surface area (Å²) in [5.41, 5.74) is 5.52. The molecule has 0 saturated carbocycles. The van der Waals surface area contributed by atoms with Gasteiger partial charge in [0.2, 0.25) is 0 Å². The van der Waals surface area contributed by atoms with Crippen LogP contribution >= 0.6 is 0 Å². The molecule has 3 heterocycles. The molecule has 9 nitrogen and oxygen atoms in total. The molecule has 2 N–H and O–H groups in total. The van der Waals surface area contributed by atoms with Crippen molar-refractivity contribution in [2.24, 2.45) is 5.73 Å². The monoisotopic (exact) mass is 299 g/mol. The molecule has 0 aliphatic rings. The normalized spacial score (nSPS) is 10.5. The van der Waals surface area contributed by atoms with E-state index in [1.165, 1.54) is 23.0 Å². The van der Waals surface area contributed by atoms with Gasteiger partial charge in [-0.25, -0.2) is 9.67 Å². The van der Waals surface area contributed by atoms with E-state index in [1.807, 2.05) is 0 Å². The summed E-state index contributed by atoms with van der Waals surface area (Å²) in [6.07, 6.45) is 2.96. The molecule has 0 aromatic carbocycles. The van der Waals surface area contributed by atoms with Gasteiger partial charge in [-0.15, -0.1) is 0 Å². The molecule has 3 aromatic heterocycles. The number of nitro groups is 1. The topological polar surface area (TPSA) is 130 Å². The number of hydrogen-bond donors (Lipinski definition) is 1. The van der Waals surface area contributed by atoms with Crippen LogP contribution in [0, 0.1) is 10.1 Å². The summed E-state index contributed by atoms with van der Waals surface area (Å²) in [6.45, 7) is 0. The Balaban J connectivity index is 2.12. The number of primary amides is 1. The van der Waals surface area contributed by atoms with Crippen molar-refractivity contribution in [3.63, 3.8) is 0 Å². The third kappa shape index (κ3) is 2.30. The zero-order valence-corrected chi connectivity index (χ0v) is 11.0. The van der Waals surface area contributed by atoms with E-state index >= 15 is 0 Å². The maximum absolute atomic E-state index is 11.6. The molecule has 3 rings (SSSR count). The van der Waals surface area contributed by atoms with E-state index in [1.54, 1.807) is 24.4 Å². The Labute approximate surface area is 123 Å². The molecule has 0 unspecified atom stereocenters. The molecule has 9 heteroatoms. The third-order valence-corrected chi connectivity index (χ3v) is 2.87. The zero-order valence-electron chi connectivity index (χ0n) is 11.0. The van der Waals surface area contributed by atoms with Gasteiger partial charge in [0, 0.05) is 12.4 Å². The molecule has 0 radical (unpaired) electrons. The summed E-state index contributed by atoms with van der Waals surface area (Å²) in [6, 6.07) is 7.71. The van der Waals surface area contributed by atoms with E-state index in [-0.39, 0.29) is 17.0 Å². The van der Waals surface area contributed by atoms with Crippen LogP contribution in [0.1, 0.15) is 10.4 Å². The summed E-state index contributed by atoms with van der Waals surface area (Å²) in [7, 11) is 0. The number of carbonyl (C=O) groups excluding carboxylic acids is 1. The first-order valence-corrected chi connectivity index (χ1v) is 6.12. The van der Waals surface area contributed by atoms with Crippen LogP contribution in [0.4, 0.5) is 5.88 Å². The molecular weight excluding hydrogens is 290 g/mol. The third-order valence-electron chi connectivity index (χ3n) is 2.87. The van der Waals surface area contributed by atoms with Crippen molar-refractivity contribution < 1.29 is 14.1 Å². The van der Waals surface area contributed by atoms with Gasteiger partial charge in [-0.05, 0) is 18.2 Å². The first kappa shape index (κ1) is 13.5. The molecule has 0 bridgehead atoms. The Bertz CT molecular complexity index is 852. The summed E-state index contributed by atoms with van der Waals surface area (Å²) < 4.78 is 6.42. The Morgan fingerprint density at radius 2 is 2.14 bits per heavy atom. The smallest absolute Gasteiger partial charge is 0.399 e. The van der Waals surface area contributed by atoms with Crippen LogP contribution in [0.3, 0.4) is 0 Å². The van der Waals surface area contributed by atoms with E-state index < -0.39 is 16.7 Å². The number of amides is 1. The Morgan fingerprint density at radius 1 is 1.32 bits per heavy atom. The van der Waals surface area contributed by atoms with E-state index in [0.29, 0.717) is 5.82 Å². The maximum atomic E-state index is 11.6. The van der Waals surface area contributed by atoms with Gasteiger partial charge in [0.05, 0.1) is 11.6 Å². The summed E-state index contributed by atoms with van der Waals surface area (Å²) in [5.74, 6) is -0.624. The fraction of sp³-hybridized carbons (Fsp3) is 0. The molecule has 0 aliphatic carbocycles. The van der Waals surface area contributed by atoms with E-state index in [2.05, 4.69) is 10.1 Å². The second kappa shape index (κ2) is 5.13. The molecule has 3 aromatic rings. The lowest BCUT2D eigenvalue weighted by atomic mass is 10.2. The number of carbonyl (C=O) groups is 1. The van der Waals surface area contributed by atoms with Crippen LogP contribution in [0.15, 0.2) is 47.1 Å². The molecule has 1 amide bonds. The van der Waals surface area contributed by atoms with Crippen LogP contribution in [0.2, 0.25) is 0 Å². The number of rotatable bonds is 4. The lowest BCUT2D eigenvalue weighted by Crippen LogP contribution is -2.11. The number of furan rings is 1. The van der Waals surface area contributed by atoms with Crippen LogP contribution in [0.25, 0.3) is 17.3 Å². The number of aromatic nitrogens is 3. The van der Waals surface area contributed by atoms with E-state index in [4.69, 9.17) is 10.2 Å². The average molecular weight is 299 g/mol. The molecule has 0 fully saturated rings. The maximum Gasteiger partial charge on any atom is 0.433 e. The average Bonchev–Trinajstić information content (AvgIpc) is 3.15. The first-order valence-electron chi connectivity index (χ1n) is 6.12. The van der Waals surface area contributed by atoms with E-state index in [9.17, 15) is 14.9 Å². The molecule has 110 valence electrons. The molecule has 0 atom stereocenters. The van der Waals surface area contributed by atoms with Crippen LogP contribution in [0.5, 0.6) is 0 Å². The van der Waals surface area contributed by atoms with Crippen molar-refractivity contribution in [1.82, 2.24) is 14.8 Å². The highest BCUT2D eigenvalue weighted by molar-refractivity contribution is 5.98. The standard InChI is InChI=1S/C13H9N5O4/c14-13(19)8-7-17(10-3-1-2-6-15-10)16-12(8)9-4-5-11(22-9)18(20)21/h1-7H,(H2,14,19). The van der Waals surface area contributed by atoms with Crippen LogP contribution in [-0.2, 0) is 0 Å². The second-order valence-electron chi connectivity index (χ2n) is 4.28. The fourth-order valence-corrected chi connectivity index (χ4v) is 1.90. The highest BCUT2D eigenvalue weighted by atomic mass is 16.6. The quantitative estimate of drug-likeness (QED) is 0.574. The van der Waals surface area contributed by atoms with Crippen LogP contribution < -0.4 is 5.73 Å². The molecule has 22 heavy (non-hydrogen) atoms. The lowest BCUT2D eigenvalue weighted by Gasteiger charge is -1.97. The highest BCUT2D eigenvalue weighted by Crippen LogP contribution is 2.28. The predicted octanol–water partition coefficient (Wildman–Crippen LogP) is 1.53. The highest BCUT2D eigenvalue weighted by Gasteiger charge is 2.22. The molecule has 0 spiro atoms. The first-order chi connectivity index (χ1) is 10.6. The minimum Gasteiger partial charge on any atom is -0.399 e. The van der Waals surface area contributed by atoms with E-state index in [0.717, 1.165) is 0 Å². The molecular formula is C13H9N5O4. The SMILES string of the molecule is NC(=O)c1cn(-c2ccccn2)nc1-c1ccc([N+](=O)[O-])o1. The number of pyridine rings is 1. The van der Waals surface area contributed by atoms with Gasteiger partial charge in [0.15, 0.2) is 11.6 Å². The Morgan fingerprint density at radius 3 is 2.73 bits per heavy atom. The van der Waals surface area contributed by atoms with Gasteiger partial charge in [-0.1, -0.05) is 6.07 Å². The zero-order chi connectivity index (χ0) is 15.7. The number of nitrogens with zero attached hydrogens (tertiary/aromatic N) is 4. The van der Waals surface area contributed by atoms with Gasteiger partial charge < -0.3 is 10.2 Å². The summed E-state index contributed by atoms with van der Waals surface area (Å²) in [5, 5.41) is 14.9. The minimum absolute atomic E-state index is 0.0786. The van der Waals surface area contributed by atoms with Crippen molar-refractivity contribution >= 4 is 11.8 Å². The molecule has 0 saturated heterocycles. The van der Waals surface area contributed by atoms with Crippen molar-refractivity contribution in [1.29, 1.82) is 0 Å². The number of hydrogen-bond acceptors (Lipinski definition) is 6. The van der Waals surface area contributed by atoms with Crippen molar-refractivity contribution in [2.45, 2.75) is 0 Å². The summed E-state index contributed by atoms with van der Waals surface area (Å²) in [4.78, 5) is 25.7. The van der Waals surface area contributed by atoms with Gasteiger partial charge >= 0.3 is 5.88 Å². The van der Waals surface area contributed by atoms with Gasteiger partial charge in [0.25, 0.3) is 5.91 Å². The van der Waals surface area contributed by atoms with Gasteiger partial charge in [0.1, 0.15) is 10.6 Å². The largest absolute Gasteiger partial charge is 0.433 e. The molecule has 0 aliphatic heterocycles. The Hall–Kier alpha value is -3.49. The van der Waals surface area contributed by atoms with Gasteiger partial charge in [-0.2, -0.15) is 5.10 Å². The minimum atomic E-state index is -0.726. The van der Waals surface area contributed by atoms with Crippen LogP contribution in [-0.4, -0.2) is 25.6 Å². The second-order valence-corrected chi connectivity index (χ2v) is 4.28. The van der Waals surface area contributed by atoms with Crippen molar-refractivity contribution in [3.8, 4) is 17.3 Å². The fourth-order valence-electron chi connectivity index (χ4n) is 1.90. The lowest BCUT2D eigenvalue weighted by molar-refractivity contribution is -0.401. The predicted molar refractivity (Wildman–Crippen MR) is 74.2 cm³/mol. The van der Waals surface area contributed by atoms with Crippen molar-refractivity contribution in [3.05, 3.63) is 58.4 Å². The van der Waals surface area contributed by atoms with Gasteiger partial charge in [-0.3, -0.25) is 14.9 Å². The Kier molecular flexibility index (Phi) is 3.14.